The molecule has 0 saturated heterocycles. The van der Waals surface area contributed by atoms with Crippen LogP contribution < -0.4 is 0 Å². The molecule has 1 N–H and O–H groups in total. The average Bonchev–Trinajstić information content (AvgIpc) is 2.49. The number of para-hydroxylation sites is 1. The first-order valence-electron chi connectivity index (χ1n) is 3.48. The molecule has 1 aromatic carbocycles. The highest BCUT2D eigenvalue weighted by Crippen LogP contribution is 2.19. The van der Waals surface area contributed by atoms with E-state index in [1.54, 1.807) is 12.1 Å². The number of aromatic amines is 1. The van der Waals surface area contributed by atoms with Crippen LogP contribution in [0.25, 0.3) is 10.9 Å². The van der Waals surface area contributed by atoms with Gasteiger partial charge in [-0.05, 0) is 6.07 Å². The van der Waals surface area contributed by atoms with E-state index in [0.29, 0.717) is 16.5 Å². The van der Waals surface area contributed by atoms with E-state index in [4.69, 9.17) is 5.26 Å². The van der Waals surface area contributed by atoms with Crippen LogP contribution in [0.4, 0.5) is 4.39 Å². The molecule has 58 valence electrons. The predicted molar refractivity (Wildman–Crippen MR) is 43.0 cm³/mol. The van der Waals surface area contributed by atoms with Crippen molar-refractivity contribution in [2.24, 2.45) is 0 Å². The van der Waals surface area contributed by atoms with Crippen LogP contribution in [0.3, 0.4) is 0 Å². The van der Waals surface area contributed by atoms with E-state index < -0.39 is 0 Å². The first-order chi connectivity index (χ1) is 5.83. The molecule has 0 unspecified atom stereocenters. The molecular weight excluding hydrogens is 155 g/mol. The van der Waals surface area contributed by atoms with Gasteiger partial charge in [-0.3, -0.25) is 0 Å². The van der Waals surface area contributed by atoms with E-state index in [2.05, 4.69) is 4.98 Å². The van der Waals surface area contributed by atoms with Gasteiger partial charge in [-0.2, -0.15) is 5.26 Å². The molecule has 0 atom stereocenters. The quantitative estimate of drug-likeness (QED) is 0.630. The lowest BCUT2D eigenvalue weighted by Gasteiger charge is -1.90. The number of H-pyrrole nitrogens is 1. The highest BCUT2D eigenvalue weighted by atomic mass is 19.1. The van der Waals surface area contributed by atoms with E-state index >= 15 is 0 Å². The second-order valence-corrected chi connectivity index (χ2v) is 2.48. The summed E-state index contributed by atoms with van der Waals surface area (Å²) in [7, 11) is 0. The minimum Gasteiger partial charge on any atom is -0.357 e. The van der Waals surface area contributed by atoms with Crippen LogP contribution >= 0.6 is 0 Å². The molecule has 2 nitrogen and oxygen atoms in total. The largest absolute Gasteiger partial charge is 0.357 e. The van der Waals surface area contributed by atoms with Crippen molar-refractivity contribution in [2.45, 2.75) is 0 Å². The number of nitriles is 1. The van der Waals surface area contributed by atoms with Crippen molar-refractivity contribution >= 4 is 10.9 Å². The first kappa shape index (κ1) is 6.86. The Morgan fingerprint density at radius 1 is 1.42 bits per heavy atom. The predicted octanol–water partition coefficient (Wildman–Crippen LogP) is 2.18. The van der Waals surface area contributed by atoms with Crippen LogP contribution in [0.15, 0.2) is 24.4 Å². The van der Waals surface area contributed by atoms with Gasteiger partial charge >= 0.3 is 0 Å². The van der Waals surface area contributed by atoms with Crippen molar-refractivity contribution in [3.8, 4) is 6.07 Å². The van der Waals surface area contributed by atoms with Crippen molar-refractivity contribution in [2.75, 3.05) is 0 Å². The average molecular weight is 160 g/mol. The Bertz CT molecular complexity index is 465. The van der Waals surface area contributed by atoms with Gasteiger partial charge in [-0.1, -0.05) is 12.1 Å². The molecule has 0 radical (unpaired) electrons. The van der Waals surface area contributed by atoms with Crippen molar-refractivity contribution in [3.05, 3.63) is 35.8 Å². The lowest BCUT2D eigenvalue weighted by molar-refractivity contribution is 0.637. The van der Waals surface area contributed by atoms with Crippen molar-refractivity contribution in [3.63, 3.8) is 0 Å². The molecule has 0 bridgehead atoms. The zero-order valence-electron chi connectivity index (χ0n) is 6.13. The maximum Gasteiger partial charge on any atom is 0.147 e. The normalized spacial score (nSPS) is 10.0. The fourth-order valence-electron chi connectivity index (χ4n) is 1.21. The van der Waals surface area contributed by atoms with Crippen molar-refractivity contribution < 1.29 is 4.39 Å². The summed E-state index contributed by atoms with van der Waals surface area (Å²) < 4.78 is 13.0. The lowest BCUT2D eigenvalue weighted by Crippen LogP contribution is -1.75. The van der Waals surface area contributed by atoms with Gasteiger partial charge in [-0.25, -0.2) is 4.39 Å². The van der Waals surface area contributed by atoms with E-state index in [0.717, 1.165) is 0 Å². The molecule has 0 spiro atoms. The van der Waals surface area contributed by atoms with E-state index in [-0.39, 0.29) is 5.82 Å². The first-order valence-corrected chi connectivity index (χ1v) is 3.48. The number of nitrogens with one attached hydrogen (secondary N) is 1. The number of rotatable bonds is 0. The summed E-state index contributed by atoms with van der Waals surface area (Å²) in [5.41, 5.74) is 0.874. The number of hydrogen-bond acceptors (Lipinski definition) is 1. The lowest BCUT2D eigenvalue weighted by atomic mass is 10.2. The van der Waals surface area contributed by atoms with Crippen LogP contribution in [0.5, 0.6) is 0 Å². The minimum atomic E-state index is -0.325. The van der Waals surface area contributed by atoms with Gasteiger partial charge in [0.1, 0.15) is 11.9 Å². The van der Waals surface area contributed by atoms with Crippen LogP contribution in [0, 0.1) is 17.1 Å². The van der Waals surface area contributed by atoms with E-state index in [1.807, 2.05) is 6.07 Å². The highest BCUT2D eigenvalue weighted by Gasteiger charge is 2.05. The van der Waals surface area contributed by atoms with Crippen LogP contribution in [-0.4, -0.2) is 4.98 Å². The molecule has 2 rings (SSSR count). The van der Waals surface area contributed by atoms with Gasteiger partial charge in [0.2, 0.25) is 0 Å². The number of fused-ring (bicyclic) bond motifs is 1. The molecule has 0 amide bonds. The summed E-state index contributed by atoms with van der Waals surface area (Å²) >= 11 is 0. The Morgan fingerprint density at radius 2 is 2.25 bits per heavy atom. The van der Waals surface area contributed by atoms with Crippen molar-refractivity contribution in [1.29, 1.82) is 5.26 Å². The number of benzene rings is 1. The summed E-state index contributed by atoms with van der Waals surface area (Å²) in [6, 6.07) is 6.65. The fourth-order valence-corrected chi connectivity index (χ4v) is 1.21. The van der Waals surface area contributed by atoms with E-state index in [9.17, 15) is 4.39 Å². The maximum absolute atomic E-state index is 13.0. The highest BCUT2D eigenvalue weighted by molar-refractivity contribution is 5.85. The Labute approximate surface area is 68.2 Å². The molecular formula is C9H5FN2. The Hall–Kier alpha value is -1.82. The molecule has 12 heavy (non-hydrogen) atoms. The van der Waals surface area contributed by atoms with E-state index in [1.165, 1.54) is 12.3 Å². The smallest absolute Gasteiger partial charge is 0.147 e. The molecule has 1 aromatic heterocycles. The standard InChI is InChI=1S/C9H5FN2/c10-8-3-1-2-7-6(4-11)5-12-9(7)8/h1-3,5,12H. The van der Waals surface area contributed by atoms with Crippen LogP contribution in [0.1, 0.15) is 5.56 Å². The van der Waals surface area contributed by atoms with Gasteiger partial charge in [0.15, 0.2) is 0 Å². The van der Waals surface area contributed by atoms with Crippen LogP contribution in [0.2, 0.25) is 0 Å². The topological polar surface area (TPSA) is 39.6 Å². The van der Waals surface area contributed by atoms with Gasteiger partial charge in [0.25, 0.3) is 0 Å². The zero-order valence-corrected chi connectivity index (χ0v) is 6.13. The number of aromatic nitrogens is 1. The SMILES string of the molecule is N#Cc1c[nH]c2c(F)cccc12. The number of hydrogen-bond donors (Lipinski definition) is 1. The molecule has 0 aliphatic carbocycles. The fraction of sp³-hybridized carbons (Fsp3) is 0. The Morgan fingerprint density at radius 3 is 3.00 bits per heavy atom. The summed E-state index contributed by atoms with van der Waals surface area (Å²) in [5.74, 6) is -0.325. The molecule has 0 aliphatic heterocycles. The zero-order chi connectivity index (χ0) is 8.55. The van der Waals surface area contributed by atoms with Gasteiger partial charge in [0.05, 0.1) is 11.1 Å². The van der Waals surface area contributed by atoms with Gasteiger partial charge in [-0.15, -0.1) is 0 Å². The van der Waals surface area contributed by atoms with Gasteiger partial charge in [0, 0.05) is 11.6 Å². The maximum atomic E-state index is 13.0. The molecule has 0 saturated carbocycles. The van der Waals surface area contributed by atoms with Gasteiger partial charge < -0.3 is 4.98 Å². The number of nitrogens with zero attached hydrogens (tertiary/aromatic N) is 1. The molecule has 0 aliphatic rings. The summed E-state index contributed by atoms with van der Waals surface area (Å²) in [6.45, 7) is 0. The molecule has 1 heterocycles. The Balaban J connectivity index is 2.91. The monoisotopic (exact) mass is 160 g/mol. The third kappa shape index (κ3) is 0.785. The summed E-state index contributed by atoms with van der Waals surface area (Å²) in [6.07, 6.45) is 1.51. The third-order valence-electron chi connectivity index (χ3n) is 1.79. The molecule has 2 aromatic rings. The Kier molecular flexibility index (Phi) is 1.34. The molecule has 0 fully saturated rings. The minimum absolute atomic E-state index is 0.325. The third-order valence-corrected chi connectivity index (χ3v) is 1.79. The van der Waals surface area contributed by atoms with Crippen LogP contribution in [-0.2, 0) is 0 Å². The second kappa shape index (κ2) is 2.35. The summed E-state index contributed by atoms with van der Waals surface area (Å²) in [5, 5.41) is 9.26. The molecule has 3 heteroatoms. The second-order valence-electron chi connectivity index (χ2n) is 2.48. The van der Waals surface area contributed by atoms with Crippen molar-refractivity contribution in [1.82, 2.24) is 4.98 Å². The number of halogens is 1. The summed E-state index contributed by atoms with van der Waals surface area (Å²) in [4.78, 5) is 2.71.